The van der Waals surface area contributed by atoms with E-state index >= 15 is 0 Å². The summed E-state index contributed by atoms with van der Waals surface area (Å²) in [4.78, 5) is 6.51. The van der Waals surface area contributed by atoms with E-state index in [1.807, 2.05) is 6.92 Å². The van der Waals surface area contributed by atoms with Crippen LogP contribution in [0, 0.1) is 0 Å². The summed E-state index contributed by atoms with van der Waals surface area (Å²) in [5.74, 6) is 0.391. The summed E-state index contributed by atoms with van der Waals surface area (Å²) in [6, 6.07) is 6.78. The van der Waals surface area contributed by atoms with E-state index in [0.29, 0.717) is 42.8 Å². The fourth-order valence-corrected chi connectivity index (χ4v) is 3.00. The zero-order valence-corrected chi connectivity index (χ0v) is 11.9. The van der Waals surface area contributed by atoms with Gasteiger partial charge in [-0.3, -0.25) is 9.47 Å². The zero-order chi connectivity index (χ0) is 15.0. The lowest BCUT2D eigenvalue weighted by Crippen LogP contribution is -2.38. The maximum absolute atomic E-state index is 13.4. The average molecular weight is 295 g/mol. The summed E-state index contributed by atoms with van der Waals surface area (Å²) in [5, 5.41) is 9.57. The second-order valence-corrected chi connectivity index (χ2v) is 5.55. The fourth-order valence-electron chi connectivity index (χ4n) is 3.00. The van der Waals surface area contributed by atoms with E-state index in [1.165, 1.54) is 0 Å². The molecule has 1 aromatic carbocycles. The number of likely N-dealkylation sites (tertiary alicyclic amines) is 1. The van der Waals surface area contributed by atoms with Gasteiger partial charge in [-0.1, -0.05) is 12.1 Å². The first-order chi connectivity index (χ1) is 10.1. The highest BCUT2D eigenvalue weighted by atomic mass is 19.3. The van der Waals surface area contributed by atoms with Gasteiger partial charge in [-0.05, 0) is 31.9 Å². The lowest BCUT2D eigenvalue weighted by molar-refractivity contribution is 0.0459. The Bertz CT molecular complexity index is 620. The summed E-state index contributed by atoms with van der Waals surface area (Å²) >= 11 is 0. The molecule has 6 heteroatoms. The molecule has 0 amide bonds. The standard InChI is InChI=1S/C15H19F2N3O/c1-10(19-8-6-11(21)7-9-19)14-18-12-4-2-3-5-13(12)20(14)15(16)17/h2-5,10-11,15,21H,6-9H2,1H3/t10-/m0/s1. The van der Waals surface area contributed by atoms with Crippen molar-refractivity contribution in [3.05, 3.63) is 30.1 Å². The van der Waals surface area contributed by atoms with E-state index in [0.717, 1.165) is 4.57 Å². The topological polar surface area (TPSA) is 41.3 Å². The van der Waals surface area contributed by atoms with Crippen molar-refractivity contribution >= 4 is 11.0 Å². The average Bonchev–Trinajstić information content (AvgIpc) is 2.86. The van der Waals surface area contributed by atoms with Gasteiger partial charge in [-0.15, -0.1) is 0 Å². The van der Waals surface area contributed by atoms with E-state index < -0.39 is 6.55 Å². The molecule has 2 heterocycles. The number of hydrogen-bond acceptors (Lipinski definition) is 3. The first-order valence-corrected chi connectivity index (χ1v) is 7.25. The van der Waals surface area contributed by atoms with Gasteiger partial charge in [0.15, 0.2) is 0 Å². The highest BCUT2D eigenvalue weighted by molar-refractivity contribution is 5.76. The summed E-state index contributed by atoms with van der Waals surface area (Å²) in [7, 11) is 0. The summed E-state index contributed by atoms with van der Waals surface area (Å²) in [6.45, 7) is 0.701. The van der Waals surface area contributed by atoms with Gasteiger partial charge in [0.05, 0.1) is 23.2 Å². The Hall–Kier alpha value is -1.53. The molecule has 0 aliphatic carbocycles. The molecule has 1 atom stereocenters. The molecule has 0 bridgehead atoms. The third kappa shape index (κ3) is 2.65. The maximum atomic E-state index is 13.4. The maximum Gasteiger partial charge on any atom is 0.320 e. The molecule has 1 fully saturated rings. The smallest absolute Gasteiger partial charge is 0.320 e. The van der Waals surface area contributed by atoms with Gasteiger partial charge in [0.1, 0.15) is 5.82 Å². The van der Waals surface area contributed by atoms with Gasteiger partial charge in [-0.25, -0.2) is 4.98 Å². The van der Waals surface area contributed by atoms with Crippen LogP contribution in [0.3, 0.4) is 0 Å². The molecule has 1 saturated heterocycles. The molecule has 1 aliphatic rings. The Morgan fingerprint density at radius 1 is 1.24 bits per heavy atom. The summed E-state index contributed by atoms with van der Waals surface area (Å²) in [5.41, 5.74) is 1.06. The predicted molar refractivity (Wildman–Crippen MR) is 76.2 cm³/mol. The second-order valence-electron chi connectivity index (χ2n) is 5.55. The number of imidazole rings is 1. The van der Waals surface area contributed by atoms with Crippen molar-refractivity contribution in [3.8, 4) is 0 Å². The van der Waals surface area contributed by atoms with Gasteiger partial charge in [-0.2, -0.15) is 8.78 Å². The van der Waals surface area contributed by atoms with Gasteiger partial charge in [0.2, 0.25) is 0 Å². The Kier molecular flexibility index (Phi) is 3.91. The number of fused-ring (bicyclic) bond motifs is 1. The molecular weight excluding hydrogens is 276 g/mol. The predicted octanol–water partition coefficient (Wildman–Crippen LogP) is 2.95. The first kappa shape index (κ1) is 14.4. The van der Waals surface area contributed by atoms with Crippen molar-refractivity contribution in [2.75, 3.05) is 13.1 Å². The fraction of sp³-hybridized carbons (Fsp3) is 0.533. The number of para-hydroxylation sites is 2. The van der Waals surface area contributed by atoms with Crippen LogP contribution >= 0.6 is 0 Å². The van der Waals surface area contributed by atoms with Gasteiger partial charge >= 0.3 is 6.55 Å². The number of aliphatic hydroxyl groups excluding tert-OH is 1. The first-order valence-electron chi connectivity index (χ1n) is 7.25. The molecule has 0 radical (unpaired) electrons. The largest absolute Gasteiger partial charge is 0.393 e. The van der Waals surface area contributed by atoms with E-state index in [1.54, 1.807) is 24.3 Å². The molecule has 3 rings (SSSR count). The van der Waals surface area contributed by atoms with Crippen LogP contribution < -0.4 is 0 Å². The molecule has 114 valence electrons. The van der Waals surface area contributed by atoms with Crippen LogP contribution in [-0.4, -0.2) is 38.8 Å². The number of benzene rings is 1. The molecule has 1 aromatic heterocycles. The van der Waals surface area contributed by atoms with Crippen molar-refractivity contribution in [3.63, 3.8) is 0 Å². The van der Waals surface area contributed by atoms with Crippen LogP contribution in [0.2, 0.25) is 0 Å². The zero-order valence-electron chi connectivity index (χ0n) is 11.9. The Labute approximate surface area is 122 Å². The van der Waals surface area contributed by atoms with Crippen molar-refractivity contribution < 1.29 is 13.9 Å². The number of aromatic nitrogens is 2. The monoisotopic (exact) mass is 295 g/mol. The second kappa shape index (κ2) is 5.69. The minimum Gasteiger partial charge on any atom is -0.393 e. The number of rotatable bonds is 3. The van der Waals surface area contributed by atoms with E-state index in [9.17, 15) is 13.9 Å². The molecule has 2 aromatic rings. The number of alkyl halides is 2. The SMILES string of the molecule is C[C@@H](c1nc2ccccc2n1C(F)F)N1CCC(O)CC1. The lowest BCUT2D eigenvalue weighted by Gasteiger charge is -2.34. The van der Waals surface area contributed by atoms with Crippen LogP contribution in [0.5, 0.6) is 0 Å². The summed E-state index contributed by atoms with van der Waals surface area (Å²) < 4.78 is 27.9. The van der Waals surface area contributed by atoms with Crippen molar-refractivity contribution in [1.29, 1.82) is 0 Å². The number of aliphatic hydroxyl groups is 1. The van der Waals surface area contributed by atoms with E-state index in [2.05, 4.69) is 9.88 Å². The summed E-state index contributed by atoms with van der Waals surface area (Å²) in [6.07, 6.45) is 1.08. The van der Waals surface area contributed by atoms with Crippen LogP contribution in [0.25, 0.3) is 11.0 Å². The molecule has 0 spiro atoms. The Balaban J connectivity index is 1.97. The van der Waals surface area contributed by atoms with Crippen LogP contribution in [0.1, 0.15) is 38.2 Å². The minimum atomic E-state index is -2.61. The number of halogens is 2. The lowest BCUT2D eigenvalue weighted by atomic mass is 10.1. The number of hydrogen-bond donors (Lipinski definition) is 1. The van der Waals surface area contributed by atoms with Crippen LogP contribution in [0.4, 0.5) is 8.78 Å². The molecule has 21 heavy (non-hydrogen) atoms. The molecule has 0 saturated carbocycles. The molecular formula is C15H19F2N3O. The van der Waals surface area contributed by atoms with Gasteiger partial charge in [0, 0.05) is 13.1 Å². The highest BCUT2D eigenvalue weighted by Crippen LogP contribution is 2.30. The molecule has 1 N–H and O–H groups in total. The molecule has 1 aliphatic heterocycles. The molecule has 0 unspecified atom stereocenters. The molecule has 4 nitrogen and oxygen atoms in total. The minimum absolute atomic E-state index is 0.195. The normalized spacial score (nSPS) is 19.5. The highest BCUT2D eigenvalue weighted by Gasteiger charge is 2.28. The Morgan fingerprint density at radius 3 is 2.57 bits per heavy atom. The third-order valence-electron chi connectivity index (χ3n) is 4.24. The number of nitrogens with zero attached hydrogens (tertiary/aromatic N) is 3. The van der Waals surface area contributed by atoms with Gasteiger partial charge in [0.25, 0.3) is 0 Å². The van der Waals surface area contributed by atoms with Crippen molar-refractivity contribution in [2.45, 2.75) is 38.5 Å². The van der Waals surface area contributed by atoms with Crippen molar-refractivity contribution in [2.24, 2.45) is 0 Å². The Morgan fingerprint density at radius 2 is 1.90 bits per heavy atom. The quantitative estimate of drug-likeness (QED) is 0.946. The van der Waals surface area contributed by atoms with Crippen molar-refractivity contribution in [1.82, 2.24) is 14.5 Å². The third-order valence-corrected chi connectivity index (χ3v) is 4.24. The number of piperidine rings is 1. The van der Waals surface area contributed by atoms with E-state index in [4.69, 9.17) is 0 Å². The van der Waals surface area contributed by atoms with Gasteiger partial charge < -0.3 is 5.11 Å². The van der Waals surface area contributed by atoms with E-state index in [-0.39, 0.29) is 12.1 Å². The van der Waals surface area contributed by atoms with Crippen LogP contribution in [-0.2, 0) is 0 Å². The van der Waals surface area contributed by atoms with Crippen LogP contribution in [0.15, 0.2) is 24.3 Å².